The van der Waals surface area contributed by atoms with Gasteiger partial charge in [-0.05, 0) is 24.3 Å². The second-order valence-electron chi connectivity index (χ2n) is 5.06. The molecular weight excluding hydrogens is 228 g/mol. The molecule has 0 aromatic heterocycles. The molecule has 1 aliphatic heterocycles. The molecule has 94 valence electrons. The number of carbonyl (C=O) groups is 2. The molecular formula is C14H16N2O2. The quantitative estimate of drug-likeness (QED) is 0.781. The van der Waals surface area contributed by atoms with Crippen LogP contribution < -0.4 is 10.6 Å². The molecule has 18 heavy (non-hydrogen) atoms. The Bertz CT molecular complexity index is 480. The minimum absolute atomic E-state index is 0.200. The Hall–Kier alpha value is -1.84. The molecule has 0 unspecified atom stereocenters. The van der Waals surface area contributed by atoms with Gasteiger partial charge in [0.2, 0.25) is 0 Å². The van der Waals surface area contributed by atoms with Crippen LogP contribution in [-0.4, -0.2) is 11.9 Å². The van der Waals surface area contributed by atoms with Crippen molar-refractivity contribution in [2.45, 2.75) is 31.2 Å². The van der Waals surface area contributed by atoms with Gasteiger partial charge in [0.25, 0.3) is 5.91 Å². The third-order valence-electron chi connectivity index (χ3n) is 4.09. The topological polar surface area (TPSA) is 58.2 Å². The molecule has 4 heteroatoms. The first-order chi connectivity index (χ1) is 8.73. The minimum atomic E-state index is -0.852. The highest BCUT2D eigenvalue weighted by molar-refractivity contribution is 6.07. The largest absolute Gasteiger partial charge is 0.322 e. The van der Waals surface area contributed by atoms with E-state index in [0.717, 1.165) is 31.2 Å². The van der Waals surface area contributed by atoms with Crippen molar-refractivity contribution in [3.8, 4) is 0 Å². The molecule has 1 saturated carbocycles. The third-order valence-corrected chi connectivity index (χ3v) is 4.09. The summed E-state index contributed by atoms with van der Waals surface area (Å²) in [4.78, 5) is 23.9. The van der Waals surface area contributed by atoms with Gasteiger partial charge in [0.15, 0.2) is 0 Å². The van der Waals surface area contributed by atoms with E-state index in [2.05, 4.69) is 10.6 Å². The lowest BCUT2D eigenvalue weighted by Gasteiger charge is -2.32. The van der Waals surface area contributed by atoms with Gasteiger partial charge in [0.05, 0.1) is 0 Å². The van der Waals surface area contributed by atoms with E-state index in [-0.39, 0.29) is 17.9 Å². The maximum atomic E-state index is 12.3. The molecule has 1 heterocycles. The molecule has 1 aromatic carbocycles. The van der Waals surface area contributed by atoms with Crippen molar-refractivity contribution in [2.75, 3.05) is 0 Å². The Morgan fingerprint density at radius 3 is 2.28 bits per heavy atom. The Balaban J connectivity index is 2.08. The predicted molar refractivity (Wildman–Crippen MR) is 66.8 cm³/mol. The van der Waals surface area contributed by atoms with Crippen LogP contribution in [0.25, 0.3) is 0 Å². The van der Waals surface area contributed by atoms with Crippen LogP contribution in [0.1, 0.15) is 31.2 Å². The summed E-state index contributed by atoms with van der Waals surface area (Å²) in [6.07, 6.45) is 4.23. The smallest absolute Gasteiger partial charge is 0.319 e. The van der Waals surface area contributed by atoms with Crippen molar-refractivity contribution in [1.82, 2.24) is 10.6 Å². The molecule has 2 aliphatic rings. The van der Waals surface area contributed by atoms with Gasteiger partial charge in [0.1, 0.15) is 5.54 Å². The average Bonchev–Trinajstić information content (AvgIpc) is 2.99. The minimum Gasteiger partial charge on any atom is -0.319 e. The zero-order valence-electron chi connectivity index (χ0n) is 10.1. The second kappa shape index (κ2) is 4.12. The van der Waals surface area contributed by atoms with Crippen molar-refractivity contribution in [3.05, 3.63) is 35.9 Å². The van der Waals surface area contributed by atoms with Gasteiger partial charge in [-0.25, -0.2) is 4.79 Å². The normalized spacial score (nSPS) is 28.2. The Morgan fingerprint density at radius 1 is 1.06 bits per heavy atom. The van der Waals surface area contributed by atoms with E-state index in [1.54, 1.807) is 0 Å². The molecule has 2 N–H and O–H groups in total. The van der Waals surface area contributed by atoms with Crippen molar-refractivity contribution in [3.63, 3.8) is 0 Å². The van der Waals surface area contributed by atoms with E-state index in [1.165, 1.54) is 0 Å². The van der Waals surface area contributed by atoms with Gasteiger partial charge in [0, 0.05) is 0 Å². The predicted octanol–water partition coefficient (Wildman–Crippen LogP) is 1.91. The summed E-state index contributed by atoms with van der Waals surface area (Å²) in [5.41, 5.74) is 0.0368. The molecule has 1 atom stereocenters. The molecule has 2 fully saturated rings. The monoisotopic (exact) mass is 244 g/mol. The maximum Gasteiger partial charge on any atom is 0.322 e. The van der Waals surface area contributed by atoms with E-state index < -0.39 is 5.54 Å². The first-order valence-corrected chi connectivity index (χ1v) is 6.42. The van der Waals surface area contributed by atoms with E-state index in [4.69, 9.17) is 0 Å². The van der Waals surface area contributed by atoms with Crippen LogP contribution in [0.4, 0.5) is 4.79 Å². The van der Waals surface area contributed by atoms with Gasteiger partial charge >= 0.3 is 6.03 Å². The maximum absolute atomic E-state index is 12.3. The molecule has 1 aliphatic carbocycles. The highest BCUT2D eigenvalue weighted by atomic mass is 16.2. The fraction of sp³-hybridized carbons (Fsp3) is 0.429. The Morgan fingerprint density at radius 2 is 1.72 bits per heavy atom. The van der Waals surface area contributed by atoms with Crippen LogP contribution in [0.5, 0.6) is 0 Å². The van der Waals surface area contributed by atoms with E-state index in [1.807, 2.05) is 30.3 Å². The summed E-state index contributed by atoms with van der Waals surface area (Å²) >= 11 is 0. The number of nitrogens with one attached hydrogen (secondary N) is 2. The molecule has 4 nitrogen and oxygen atoms in total. The van der Waals surface area contributed by atoms with Gasteiger partial charge < -0.3 is 5.32 Å². The molecule has 3 amide bonds. The highest BCUT2D eigenvalue weighted by Gasteiger charge is 2.53. The van der Waals surface area contributed by atoms with Gasteiger partial charge in [-0.1, -0.05) is 43.2 Å². The standard InChI is InChI=1S/C14H16N2O2/c17-12-14(16-13(18)15-12,11-8-4-5-9-11)10-6-2-1-3-7-10/h1-3,6-7,11H,4-5,8-9H2,(H2,15,16,17,18)/t14-/m1/s1. The number of benzene rings is 1. The van der Waals surface area contributed by atoms with Crippen LogP contribution in [0.15, 0.2) is 30.3 Å². The number of hydrogen-bond acceptors (Lipinski definition) is 2. The summed E-state index contributed by atoms with van der Waals surface area (Å²) in [6.45, 7) is 0. The number of rotatable bonds is 2. The molecule has 1 aromatic rings. The van der Waals surface area contributed by atoms with Crippen LogP contribution in [-0.2, 0) is 10.3 Å². The van der Waals surface area contributed by atoms with E-state index >= 15 is 0 Å². The van der Waals surface area contributed by atoms with Crippen LogP contribution in [0.2, 0.25) is 0 Å². The SMILES string of the molecule is O=C1NC(=O)[C@@](c2ccccc2)(C2CCCC2)N1. The lowest BCUT2D eigenvalue weighted by molar-refractivity contribution is -0.126. The van der Waals surface area contributed by atoms with Crippen molar-refractivity contribution < 1.29 is 9.59 Å². The number of carbonyl (C=O) groups excluding carboxylic acids is 2. The van der Waals surface area contributed by atoms with Gasteiger partial charge in [-0.15, -0.1) is 0 Å². The van der Waals surface area contributed by atoms with Crippen molar-refractivity contribution in [2.24, 2.45) is 5.92 Å². The molecule has 1 saturated heterocycles. The summed E-state index contributed by atoms with van der Waals surface area (Å²) in [7, 11) is 0. The lowest BCUT2D eigenvalue weighted by atomic mass is 9.77. The Labute approximate surface area is 106 Å². The number of imide groups is 1. The van der Waals surface area contributed by atoms with Crippen LogP contribution in [0.3, 0.4) is 0 Å². The first-order valence-electron chi connectivity index (χ1n) is 6.42. The van der Waals surface area contributed by atoms with Crippen molar-refractivity contribution >= 4 is 11.9 Å². The number of amides is 3. The first kappa shape index (κ1) is 11.3. The fourth-order valence-corrected chi connectivity index (χ4v) is 3.26. The average molecular weight is 244 g/mol. The van der Waals surface area contributed by atoms with E-state index in [9.17, 15) is 9.59 Å². The molecule has 0 bridgehead atoms. The Kier molecular flexibility index (Phi) is 2.58. The number of hydrogen-bond donors (Lipinski definition) is 2. The summed E-state index contributed by atoms with van der Waals surface area (Å²) in [5.74, 6) is -0.00282. The summed E-state index contributed by atoms with van der Waals surface area (Å²) in [6, 6.07) is 9.19. The zero-order valence-corrected chi connectivity index (χ0v) is 10.1. The van der Waals surface area contributed by atoms with Crippen LogP contribution >= 0.6 is 0 Å². The number of urea groups is 1. The third kappa shape index (κ3) is 1.52. The summed E-state index contributed by atoms with van der Waals surface area (Å²) < 4.78 is 0. The zero-order chi connectivity index (χ0) is 12.6. The highest BCUT2D eigenvalue weighted by Crippen LogP contribution is 2.42. The van der Waals surface area contributed by atoms with Gasteiger partial charge in [-0.3, -0.25) is 10.1 Å². The van der Waals surface area contributed by atoms with E-state index in [0.29, 0.717) is 0 Å². The molecule has 0 spiro atoms. The van der Waals surface area contributed by atoms with Crippen molar-refractivity contribution in [1.29, 1.82) is 0 Å². The second-order valence-corrected chi connectivity index (χ2v) is 5.06. The van der Waals surface area contributed by atoms with Crippen LogP contribution in [0, 0.1) is 5.92 Å². The molecule has 3 rings (SSSR count). The summed E-state index contributed by atoms with van der Waals surface area (Å²) in [5, 5.41) is 5.27. The molecule has 0 radical (unpaired) electrons. The fourth-order valence-electron chi connectivity index (χ4n) is 3.26. The lowest BCUT2D eigenvalue weighted by Crippen LogP contribution is -2.49. The van der Waals surface area contributed by atoms with Gasteiger partial charge in [-0.2, -0.15) is 0 Å².